The first-order chi connectivity index (χ1) is 11.6. The molecule has 1 aromatic rings. The van der Waals surface area contributed by atoms with Gasteiger partial charge in [0.1, 0.15) is 12.1 Å². The van der Waals surface area contributed by atoms with E-state index in [0.717, 1.165) is 25.7 Å². The Labute approximate surface area is 140 Å². The Bertz CT molecular complexity index is 679. The van der Waals surface area contributed by atoms with E-state index in [-0.39, 0.29) is 23.7 Å². The molecule has 0 saturated heterocycles. The molecular formula is C18H18N4O2. The Morgan fingerprint density at radius 1 is 0.917 bits per heavy atom. The fraction of sp³-hybridized carbons (Fsp3) is 0.444. The fourth-order valence-electron chi connectivity index (χ4n) is 2.62. The molecule has 2 aliphatic rings. The lowest BCUT2D eigenvalue weighted by Gasteiger charge is -2.12. The van der Waals surface area contributed by atoms with E-state index in [1.807, 2.05) is 0 Å². The molecule has 2 amide bonds. The van der Waals surface area contributed by atoms with E-state index in [4.69, 9.17) is 10.5 Å². The lowest BCUT2D eigenvalue weighted by Crippen LogP contribution is -2.36. The molecule has 0 aliphatic heterocycles. The minimum Gasteiger partial charge on any atom is -0.336 e. The summed E-state index contributed by atoms with van der Waals surface area (Å²) in [4.78, 5) is 24.5. The highest BCUT2D eigenvalue weighted by molar-refractivity contribution is 6.00. The Morgan fingerprint density at radius 3 is 1.67 bits per heavy atom. The summed E-state index contributed by atoms with van der Waals surface area (Å²) >= 11 is 0. The average molecular weight is 322 g/mol. The Balaban J connectivity index is 1.66. The highest BCUT2D eigenvalue weighted by Gasteiger charge is 2.33. The number of rotatable bonds is 6. The third-order valence-corrected chi connectivity index (χ3v) is 4.43. The van der Waals surface area contributed by atoms with Crippen LogP contribution in [0, 0.1) is 34.5 Å². The molecule has 2 aliphatic carbocycles. The van der Waals surface area contributed by atoms with Crippen molar-refractivity contribution < 1.29 is 9.59 Å². The van der Waals surface area contributed by atoms with Crippen molar-refractivity contribution >= 4 is 11.8 Å². The maximum absolute atomic E-state index is 12.3. The number of carbonyl (C=O) groups is 2. The fourth-order valence-corrected chi connectivity index (χ4v) is 2.62. The van der Waals surface area contributed by atoms with Crippen LogP contribution in [0.5, 0.6) is 0 Å². The first kappa shape index (κ1) is 16.0. The van der Waals surface area contributed by atoms with Crippen LogP contribution in [0.3, 0.4) is 0 Å². The molecule has 0 radical (unpaired) electrons. The zero-order valence-corrected chi connectivity index (χ0v) is 13.2. The Kier molecular flexibility index (Phi) is 4.48. The molecule has 0 aromatic heterocycles. The van der Waals surface area contributed by atoms with Gasteiger partial charge in [-0.1, -0.05) is 6.07 Å². The smallest absolute Gasteiger partial charge is 0.252 e. The van der Waals surface area contributed by atoms with E-state index >= 15 is 0 Å². The standard InChI is InChI=1S/C18H18N4O2/c19-9-15(11-4-5-11)21-17(23)13-2-1-3-14(8-13)18(24)22-16(10-20)12-6-7-12/h1-3,8,11-12,15-16H,4-7H2,(H,21,23)(H,22,24). The van der Waals surface area contributed by atoms with E-state index in [1.165, 1.54) is 6.07 Å². The van der Waals surface area contributed by atoms with Crippen LogP contribution in [-0.2, 0) is 0 Å². The number of hydrogen-bond acceptors (Lipinski definition) is 4. The summed E-state index contributed by atoms with van der Waals surface area (Å²) in [5, 5.41) is 23.6. The molecule has 24 heavy (non-hydrogen) atoms. The molecule has 0 bridgehead atoms. The largest absolute Gasteiger partial charge is 0.336 e. The van der Waals surface area contributed by atoms with Gasteiger partial charge in [-0.25, -0.2) is 0 Å². The molecule has 3 rings (SSSR count). The predicted octanol–water partition coefficient (Wildman–Crippen LogP) is 1.75. The number of amides is 2. The third-order valence-electron chi connectivity index (χ3n) is 4.43. The topological polar surface area (TPSA) is 106 Å². The van der Waals surface area contributed by atoms with Crippen molar-refractivity contribution in [3.8, 4) is 12.1 Å². The van der Waals surface area contributed by atoms with E-state index in [9.17, 15) is 9.59 Å². The number of nitriles is 2. The molecule has 2 N–H and O–H groups in total. The van der Waals surface area contributed by atoms with Gasteiger partial charge in [0.25, 0.3) is 11.8 Å². The third kappa shape index (κ3) is 3.72. The van der Waals surface area contributed by atoms with Crippen LogP contribution < -0.4 is 10.6 Å². The van der Waals surface area contributed by atoms with Crippen molar-refractivity contribution in [2.45, 2.75) is 37.8 Å². The summed E-state index contributed by atoms with van der Waals surface area (Å²) in [6.45, 7) is 0. The number of hydrogen-bond donors (Lipinski definition) is 2. The molecule has 122 valence electrons. The monoisotopic (exact) mass is 322 g/mol. The second-order valence-corrected chi connectivity index (χ2v) is 6.42. The van der Waals surface area contributed by atoms with E-state index in [1.54, 1.807) is 18.2 Å². The summed E-state index contributed by atoms with van der Waals surface area (Å²) in [7, 11) is 0. The quantitative estimate of drug-likeness (QED) is 0.832. The van der Waals surface area contributed by atoms with Gasteiger partial charge in [0, 0.05) is 11.1 Å². The second kappa shape index (κ2) is 6.72. The SMILES string of the molecule is N#CC(NC(=O)c1cccc(C(=O)NC(C#N)C2CC2)c1)C1CC1. The van der Waals surface area contributed by atoms with Crippen molar-refractivity contribution in [2.75, 3.05) is 0 Å². The van der Waals surface area contributed by atoms with Gasteiger partial charge < -0.3 is 10.6 Å². The predicted molar refractivity (Wildman–Crippen MR) is 85.6 cm³/mol. The normalized spacial score (nSPS) is 18.6. The zero-order chi connectivity index (χ0) is 17.1. The summed E-state index contributed by atoms with van der Waals surface area (Å²) in [6.07, 6.45) is 3.82. The van der Waals surface area contributed by atoms with Crippen LogP contribution in [0.15, 0.2) is 24.3 Å². The molecular weight excluding hydrogens is 304 g/mol. The maximum Gasteiger partial charge on any atom is 0.252 e. The van der Waals surface area contributed by atoms with Gasteiger partial charge in [0.2, 0.25) is 0 Å². The zero-order valence-electron chi connectivity index (χ0n) is 13.2. The first-order valence-corrected chi connectivity index (χ1v) is 8.13. The van der Waals surface area contributed by atoms with Gasteiger partial charge >= 0.3 is 0 Å². The van der Waals surface area contributed by atoms with E-state index < -0.39 is 12.1 Å². The molecule has 2 fully saturated rings. The van der Waals surface area contributed by atoms with Gasteiger partial charge in [0.05, 0.1) is 12.1 Å². The second-order valence-electron chi connectivity index (χ2n) is 6.42. The summed E-state index contributed by atoms with van der Waals surface area (Å²) in [6, 6.07) is 9.59. The van der Waals surface area contributed by atoms with Crippen molar-refractivity contribution in [2.24, 2.45) is 11.8 Å². The molecule has 0 heterocycles. The van der Waals surface area contributed by atoms with Gasteiger partial charge in [-0.05, 0) is 55.7 Å². The molecule has 6 heteroatoms. The van der Waals surface area contributed by atoms with Crippen molar-refractivity contribution in [3.05, 3.63) is 35.4 Å². The van der Waals surface area contributed by atoms with Crippen molar-refractivity contribution in [3.63, 3.8) is 0 Å². The summed E-state index contributed by atoms with van der Waals surface area (Å²) < 4.78 is 0. The van der Waals surface area contributed by atoms with Crippen LogP contribution in [-0.4, -0.2) is 23.9 Å². The van der Waals surface area contributed by atoms with Crippen molar-refractivity contribution in [1.82, 2.24) is 10.6 Å². The minimum absolute atomic E-state index is 0.236. The Hall–Kier alpha value is -2.86. The van der Waals surface area contributed by atoms with Crippen LogP contribution >= 0.6 is 0 Å². The highest BCUT2D eigenvalue weighted by Crippen LogP contribution is 2.33. The maximum atomic E-state index is 12.3. The molecule has 0 spiro atoms. The number of nitrogens with one attached hydrogen (secondary N) is 2. The van der Waals surface area contributed by atoms with Crippen LogP contribution in [0.25, 0.3) is 0 Å². The Morgan fingerprint density at radius 2 is 1.33 bits per heavy atom. The van der Waals surface area contributed by atoms with Gasteiger partial charge in [0.15, 0.2) is 0 Å². The van der Waals surface area contributed by atoms with E-state index in [2.05, 4.69) is 22.8 Å². The van der Waals surface area contributed by atoms with Crippen molar-refractivity contribution in [1.29, 1.82) is 10.5 Å². The summed E-state index contributed by atoms with van der Waals surface area (Å²) in [5.74, 6) is -0.245. The van der Waals surface area contributed by atoms with Gasteiger partial charge in [-0.15, -0.1) is 0 Å². The van der Waals surface area contributed by atoms with Gasteiger partial charge in [-0.3, -0.25) is 9.59 Å². The van der Waals surface area contributed by atoms with E-state index in [0.29, 0.717) is 11.1 Å². The molecule has 2 atom stereocenters. The number of nitrogens with zero attached hydrogens (tertiary/aromatic N) is 2. The minimum atomic E-state index is -0.479. The molecule has 1 aromatic carbocycles. The number of carbonyl (C=O) groups excluding carboxylic acids is 2. The lowest BCUT2D eigenvalue weighted by molar-refractivity contribution is 0.0941. The molecule has 6 nitrogen and oxygen atoms in total. The van der Waals surface area contributed by atoms with Crippen LogP contribution in [0.1, 0.15) is 46.4 Å². The lowest BCUT2D eigenvalue weighted by atomic mass is 10.1. The summed E-state index contributed by atoms with van der Waals surface area (Å²) in [5.41, 5.74) is 0.673. The highest BCUT2D eigenvalue weighted by atomic mass is 16.2. The average Bonchev–Trinajstić information content (AvgIpc) is 3.49. The first-order valence-electron chi connectivity index (χ1n) is 8.13. The molecule has 2 unspecified atom stereocenters. The van der Waals surface area contributed by atoms with Gasteiger partial charge in [-0.2, -0.15) is 10.5 Å². The molecule has 2 saturated carbocycles. The van der Waals surface area contributed by atoms with Crippen LogP contribution in [0.2, 0.25) is 0 Å². The number of benzene rings is 1. The van der Waals surface area contributed by atoms with Crippen LogP contribution in [0.4, 0.5) is 0 Å².